The second kappa shape index (κ2) is 15.2. The smallest absolute Gasteiger partial charge is 0.239 e. The van der Waals surface area contributed by atoms with Gasteiger partial charge in [-0.05, 0) is 125 Å². The predicted molar refractivity (Wildman–Crippen MR) is 231 cm³/mol. The van der Waals surface area contributed by atoms with E-state index in [9.17, 15) is 0 Å². The van der Waals surface area contributed by atoms with E-state index in [0.717, 1.165) is 77.3 Å². The molecule has 2 saturated heterocycles. The van der Waals surface area contributed by atoms with Crippen molar-refractivity contribution in [2.45, 2.75) is 52.4 Å². The van der Waals surface area contributed by atoms with E-state index in [2.05, 4.69) is 69.5 Å². The van der Waals surface area contributed by atoms with Gasteiger partial charge in [-0.3, -0.25) is 5.41 Å². The van der Waals surface area contributed by atoms with E-state index in [-0.39, 0.29) is 11.5 Å². The van der Waals surface area contributed by atoms with Gasteiger partial charge in [0.2, 0.25) is 11.9 Å². The Morgan fingerprint density at radius 1 is 0.679 bits per heavy atom. The first kappa shape index (κ1) is 35.6. The van der Waals surface area contributed by atoms with E-state index in [1.165, 1.54) is 43.9 Å². The number of guanidine groups is 2. The zero-order chi connectivity index (χ0) is 38.2. The van der Waals surface area contributed by atoms with E-state index < -0.39 is 0 Å². The molecule has 0 aliphatic carbocycles. The zero-order valence-electron chi connectivity index (χ0n) is 31.5. The summed E-state index contributed by atoms with van der Waals surface area (Å²) in [7, 11) is 0. The number of aliphatic imine (C=N–C) groups is 4. The van der Waals surface area contributed by atoms with Crippen LogP contribution in [0.3, 0.4) is 0 Å². The number of nitrogens with zero attached hydrogens (tertiary/aromatic N) is 7. The van der Waals surface area contributed by atoms with Crippen LogP contribution < -0.4 is 20.4 Å². The fraction of sp³-hybridized carbons (Fsp3) is 0.279. The van der Waals surface area contributed by atoms with Gasteiger partial charge in [0.15, 0.2) is 17.6 Å². The van der Waals surface area contributed by atoms with Gasteiger partial charge >= 0.3 is 0 Å². The van der Waals surface area contributed by atoms with Crippen molar-refractivity contribution in [3.05, 3.63) is 113 Å². The van der Waals surface area contributed by atoms with E-state index in [1.54, 1.807) is 6.08 Å². The fourth-order valence-electron chi connectivity index (χ4n) is 7.75. The Kier molecular flexibility index (Phi) is 9.68. The lowest BCUT2D eigenvalue weighted by molar-refractivity contribution is 0.550. The Morgan fingerprint density at radius 3 is 1.82 bits per heavy atom. The minimum absolute atomic E-state index is 0.0988. The van der Waals surface area contributed by atoms with Crippen molar-refractivity contribution < 1.29 is 8.83 Å². The average molecular weight is 765 g/mol. The third-order valence-corrected chi connectivity index (χ3v) is 10.7. The molecule has 5 aliphatic rings. The highest BCUT2D eigenvalue weighted by Crippen LogP contribution is 2.38. The van der Waals surface area contributed by atoms with Crippen molar-refractivity contribution in [3.63, 3.8) is 0 Å². The van der Waals surface area contributed by atoms with E-state index in [4.69, 9.17) is 34.2 Å². The molecular formula is C43H44N10O2S. The maximum atomic E-state index is 8.74. The van der Waals surface area contributed by atoms with Gasteiger partial charge in [0.05, 0.1) is 34.2 Å². The van der Waals surface area contributed by atoms with Gasteiger partial charge in [0.25, 0.3) is 0 Å². The lowest BCUT2D eigenvalue weighted by Crippen LogP contribution is -2.42. The number of benzene rings is 2. The summed E-state index contributed by atoms with van der Waals surface area (Å²) < 4.78 is 12.0. The molecule has 7 heterocycles. The van der Waals surface area contributed by atoms with E-state index in [0.29, 0.717) is 35.1 Å². The Morgan fingerprint density at radius 2 is 1.25 bits per heavy atom. The quantitative estimate of drug-likeness (QED) is 0.0934. The molecule has 0 atom stereocenters. The van der Waals surface area contributed by atoms with Crippen LogP contribution in [0.5, 0.6) is 0 Å². The second-order valence-corrected chi connectivity index (χ2v) is 14.8. The molecule has 3 N–H and O–H groups in total. The third-order valence-electron chi connectivity index (χ3n) is 10.6. The standard InChI is InChI=1S/C43H44N10O2S/c1-27-9-15-39(54-27)45-35-23-29(51-18-5-3-6-19-51)11-13-32(35)37-25-31-26-38(48-43-50-41(34(44)17-22-56)49-42(47-37)53(31)43)33-14-12-30(52-20-7-4-8-21-52)24-36(33)46-40-16-10-28(2)55-40/h9-17,22-26,44-46,56H,3-8,18-21H2,1-2H3/b22-17-,44-34?. The summed E-state index contributed by atoms with van der Waals surface area (Å²) in [5, 5.41) is 17.3. The molecule has 0 saturated carbocycles. The summed E-state index contributed by atoms with van der Waals surface area (Å²) in [6.45, 7) is 7.96. The van der Waals surface area contributed by atoms with Crippen LogP contribution in [-0.2, 0) is 0 Å². The largest absolute Gasteiger partial charge is 0.446 e. The molecule has 0 spiro atoms. The topological polar surface area (TPSA) is 133 Å². The molecule has 12 nitrogen and oxygen atoms in total. The van der Waals surface area contributed by atoms with Crippen LogP contribution in [0.4, 0.5) is 34.5 Å². The number of rotatable bonds is 10. The highest BCUT2D eigenvalue weighted by atomic mass is 32.1. The number of hydrogen-bond donors (Lipinski definition) is 4. The average Bonchev–Trinajstić information content (AvgIpc) is 3.84. The fourth-order valence-corrected chi connectivity index (χ4v) is 7.89. The summed E-state index contributed by atoms with van der Waals surface area (Å²) in [6, 6.07) is 20.7. The highest BCUT2D eigenvalue weighted by molar-refractivity contribution is 7.83. The number of aryl methyl sites for hydroxylation is 2. The molecule has 284 valence electrons. The van der Waals surface area contributed by atoms with Crippen LogP contribution in [0.15, 0.2) is 119 Å². The molecule has 2 aromatic carbocycles. The second-order valence-electron chi connectivity index (χ2n) is 14.5. The molecule has 0 unspecified atom stereocenters. The minimum atomic E-state index is 0.0988. The predicted octanol–water partition coefficient (Wildman–Crippen LogP) is 9.59. The molecule has 9 rings (SSSR count). The molecule has 0 bridgehead atoms. The van der Waals surface area contributed by atoms with E-state index >= 15 is 0 Å². The van der Waals surface area contributed by atoms with Gasteiger partial charge in [-0.2, -0.15) is 22.6 Å². The number of hydrogen-bond acceptors (Lipinski definition) is 13. The van der Waals surface area contributed by atoms with Gasteiger partial charge in [-0.15, -0.1) is 0 Å². The van der Waals surface area contributed by atoms with Gasteiger partial charge in [0, 0.05) is 60.8 Å². The van der Waals surface area contributed by atoms with Crippen LogP contribution in [0.2, 0.25) is 0 Å². The Labute approximate surface area is 331 Å². The highest BCUT2D eigenvalue weighted by Gasteiger charge is 2.34. The van der Waals surface area contributed by atoms with Crippen molar-refractivity contribution >= 4 is 82.0 Å². The molecule has 0 radical (unpaired) electrons. The summed E-state index contributed by atoms with van der Waals surface area (Å²) in [6.07, 6.45) is 12.9. The van der Waals surface area contributed by atoms with Crippen LogP contribution >= 0.6 is 12.6 Å². The number of amidine groups is 1. The zero-order valence-corrected chi connectivity index (χ0v) is 32.4. The van der Waals surface area contributed by atoms with Crippen LogP contribution in [0.1, 0.15) is 61.2 Å². The summed E-state index contributed by atoms with van der Waals surface area (Å²) in [5.74, 6) is 3.88. The molecule has 5 aliphatic heterocycles. The number of nitrogens with one attached hydrogen (secondary N) is 3. The van der Waals surface area contributed by atoms with Crippen molar-refractivity contribution in [2.24, 2.45) is 20.0 Å². The van der Waals surface area contributed by atoms with Gasteiger partial charge in [0.1, 0.15) is 11.5 Å². The van der Waals surface area contributed by atoms with Crippen molar-refractivity contribution in [3.8, 4) is 0 Å². The van der Waals surface area contributed by atoms with Gasteiger partial charge in [-0.1, -0.05) is 0 Å². The number of furan rings is 2. The SMILES string of the molecule is Cc1ccc(Nc2cc(N3CCCCC3)ccc2C2=CC3=CC(c4ccc(N5CCCCC5)cc4Nc4ccc(C)o4)=NC4=NC(C(=N)/C=C\S)=NC(=N2)N34)o1. The number of allylic oxidation sites excluding steroid dienone is 2. The number of piperidine rings is 2. The van der Waals surface area contributed by atoms with E-state index in [1.807, 2.05) is 55.2 Å². The Balaban J connectivity index is 1.17. The Bertz CT molecular complexity index is 2310. The molecule has 2 aromatic heterocycles. The molecule has 56 heavy (non-hydrogen) atoms. The summed E-state index contributed by atoms with van der Waals surface area (Å²) >= 11 is 4.22. The lowest BCUT2D eigenvalue weighted by atomic mass is 10.0. The Hall–Kier alpha value is -6.08. The van der Waals surface area contributed by atoms with Crippen LogP contribution in [0.25, 0.3) is 5.70 Å². The molecule has 0 amide bonds. The van der Waals surface area contributed by atoms with Gasteiger partial charge in [-0.25, -0.2) is 14.9 Å². The molecular weight excluding hydrogens is 721 g/mol. The molecule has 13 heteroatoms. The summed E-state index contributed by atoms with van der Waals surface area (Å²) in [5.41, 5.74) is 8.08. The molecule has 4 aromatic rings. The van der Waals surface area contributed by atoms with Gasteiger partial charge < -0.3 is 29.3 Å². The third kappa shape index (κ3) is 7.22. The summed E-state index contributed by atoms with van der Waals surface area (Å²) in [4.78, 5) is 26.5. The van der Waals surface area contributed by atoms with Crippen molar-refractivity contribution in [1.29, 1.82) is 5.41 Å². The molecule has 2 fully saturated rings. The number of anilines is 6. The monoisotopic (exact) mass is 764 g/mol. The minimum Gasteiger partial charge on any atom is -0.446 e. The first-order valence-electron chi connectivity index (χ1n) is 19.3. The maximum absolute atomic E-state index is 8.74. The lowest BCUT2D eigenvalue weighted by Gasteiger charge is -2.33. The van der Waals surface area contributed by atoms with Crippen molar-refractivity contribution in [2.75, 3.05) is 46.6 Å². The maximum Gasteiger partial charge on any atom is 0.239 e. The van der Waals surface area contributed by atoms with Crippen molar-refractivity contribution in [1.82, 2.24) is 4.90 Å². The first-order chi connectivity index (χ1) is 27.4. The normalized spacial score (nSPS) is 18.1. The van der Waals surface area contributed by atoms with Crippen LogP contribution in [-0.4, -0.2) is 60.3 Å². The number of thiol groups is 1. The van der Waals surface area contributed by atoms with Crippen LogP contribution in [0, 0.1) is 19.3 Å². The first-order valence-corrected chi connectivity index (χ1v) is 19.8.